The third-order valence-electron chi connectivity index (χ3n) is 0.597. The number of halogens is 1. The van der Waals surface area contributed by atoms with Crippen LogP contribution in [-0.2, 0) is 9.47 Å². The fourth-order valence-electron chi connectivity index (χ4n) is 0.246. The second kappa shape index (κ2) is 16.2. The van der Waals surface area contributed by atoms with E-state index in [-0.39, 0.29) is 0 Å². The van der Waals surface area contributed by atoms with Gasteiger partial charge in [0.15, 0.2) is 0 Å². The van der Waals surface area contributed by atoms with Gasteiger partial charge >= 0.3 is 0 Å². The van der Waals surface area contributed by atoms with Crippen LogP contribution in [-0.4, -0.2) is 19.1 Å². The zero-order chi connectivity index (χ0) is 8.95. The fourth-order valence-corrected chi connectivity index (χ4v) is 0.335. The average Bonchev–Trinajstić information content (AvgIpc) is 2.04. The van der Waals surface area contributed by atoms with Gasteiger partial charge in [-0.25, -0.2) is 0 Å². The monoisotopic (exact) mass is 178 g/mol. The first-order chi connectivity index (χ1) is 5.33. The van der Waals surface area contributed by atoms with E-state index < -0.39 is 0 Å². The van der Waals surface area contributed by atoms with Crippen LogP contribution in [0.2, 0.25) is 0 Å². The van der Waals surface area contributed by atoms with Gasteiger partial charge in [-0.3, -0.25) is 0 Å². The lowest BCUT2D eigenvalue weighted by molar-refractivity contribution is 0.270. The Balaban J connectivity index is 0. The van der Waals surface area contributed by atoms with Crippen molar-refractivity contribution in [2.75, 3.05) is 19.1 Å². The van der Waals surface area contributed by atoms with Gasteiger partial charge in [0.05, 0.1) is 25.0 Å². The van der Waals surface area contributed by atoms with E-state index in [4.69, 9.17) is 11.6 Å². The highest BCUT2D eigenvalue weighted by atomic mass is 35.5. The molecule has 0 heterocycles. The maximum atomic E-state index is 5.21. The fraction of sp³-hybridized carbons (Fsp3) is 0.500. The molecule has 3 heteroatoms. The number of rotatable bonds is 5. The molecule has 0 aromatic carbocycles. The number of hydrogen-bond donors (Lipinski definition) is 0. The van der Waals surface area contributed by atoms with Crippen molar-refractivity contribution in [1.82, 2.24) is 0 Å². The van der Waals surface area contributed by atoms with E-state index in [1.807, 2.05) is 6.92 Å². The Kier molecular flexibility index (Phi) is 19.1. The zero-order valence-corrected chi connectivity index (χ0v) is 7.64. The molecule has 0 unspecified atom stereocenters. The normalized spacial score (nSPS) is 7.09. The predicted molar refractivity (Wildman–Crippen MR) is 48.7 cm³/mol. The third kappa shape index (κ3) is 26.7. The largest absolute Gasteiger partial charge is 0.502 e. The first-order valence-electron chi connectivity index (χ1n) is 3.34. The van der Waals surface area contributed by atoms with Gasteiger partial charge in [0, 0.05) is 0 Å². The molecule has 0 aromatic heterocycles. The van der Waals surface area contributed by atoms with Crippen LogP contribution in [0.5, 0.6) is 0 Å². The van der Waals surface area contributed by atoms with Crippen molar-refractivity contribution in [2.24, 2.45) is 0 Å². The molecule has 66 valence electrons. The van der Waals surface area contributed by atoms with Crippen LogP contribution in [0.15, 0.2) is 25.7 Å². The summed E-state index contributed by atoms with van der Waals surface area (Å²) < 4.78 is 9.21. The molecule has 0 amide bonds. The SMILES string of the molecule is C=COCC.C=COCCCl. The van der Waals surface area contributed by atoms with Gasteiger partial charge in [-0.1, -0.05) is 13.2 Å². The van der Waals surface area contributed by atoms with Crippen LogP contribution in [0, 0.1) is 0 Å². The van der Waals surface area contributed by atoms with Crippen LogP contribution in [0.3, 0.4) is 0 Å². The van der Waals surface area contributed by atoms with E-state index in [2.05, 4.69) is 22.6 Å². The second-order valence-corrected chi connectivity index (χ2v) is 1.73. The van der Waals surface area contributed by atoms with E-state index in [0.717, 1.165) is 6.61 Å². The van der Waals surface area contributed by atoms with Crippen LogP contribution >= 0.6 is 11.6 Å². The predicted octanol–water partition coefficient (Wildman–Crippen LogP) is 2.55. The third-order valence-corrected chi connectivity index (χ3v) is 0.752. The highest BCUT2D eigenvalue weighted by molar-refractivity contribution is 6.17. The van der Waals surface area contributed by atoms with Gasteiger partial charge in [-0.15, -0.1) is 11.6 Å². The van der Waals surface area contributed by atoms with Crippen molar-refractivity contribution in [3.8, 4) is 0 Å². The number of alkyl halides is 1. The highest BCUT2D eigenvalue weighted by Gasteiger charge is 1.70. The molecule has 11 heavy (non-hydrogen) atoms. The molecule has 0 saturated heterocycles. The number of hydrogen-bond acceptors (Lipinski definition) is 2. The lowest BCUT2D eigenvalue weighted by Crippen LogP contribution is -1.84. The van der Waals surface area contributed by atoms with Crippen molar-refractivity contribution in [2.45, 2.75) is 6.92 Å². The van der Waals surface area contributed by atoms with E-state index in [0.29, 0.717) is 12.5 Å². The highest BCUT2D eigenvalue weighted by Crippen LogP contribution is 1.75. The molecule has 0 aliphatic rings. The van der Waals surface area contributed by atoms with E-state index in [1.54, 1.807) is 0 Å². The van der Waals surface area contributed by atoms with Crippen molar-refractivity contribution >= 4 is 11.6 Å². The summed E-state index contributed by atoms with van der Waals surface area (Å²) in [6.45, 7) is 9.85. The molecule has 0 spiro atoms. The van der Waals surface area contributed by atoms with Gasteiger partial charge in [0.25, 0.3) is 0 Å². The van der Waals surface area contributed by atoms with Gasteiger partial charge < -0.3 is 9.47 Å². The van der Waals surface area contributed by atoms with Gasteiger partial charge in [0.1, 0.15) is 6.61 Å². The van der Waals surface area contributed by atoms with E-state index in [1.165, 1.54) is 12.5 Å². The van der Waals surface area contributed by atoms with Crippen LogP contribution < -0.4 is 0 Å². The molecule has 0 fully saturated rings. The van der Waals surface area contributed by atoms with Crippen molar-refractivity contribution in [1.29, 1.82) is 0 Å². The summed E-state index contributed by atoms with van der Waals surface area (Å²) >= 11 is 5.21. The maximum Gasteiger partial charge on any atom is 0.101 e. The minimum absolute atomic E-state index is 0.534. The Morgan fingerprint density at radius 2 is 1.82 bits per heavy atom. The van der Waals surface area contributed by atoms with E-state index >= 15 is 0 Å². The smallest absolute Gasteiger partial charge is 0.101 e. The molecule has 0 aliphatic carbocycles. The Morgan fingerprint density at radius 3 is 1.91 bits per heavy atom. The molecule has 2 nitrogen and oxygen atoms in total. The molecule has 0 N–H and O–H groups in total. The van der Waals surface area contributed by atoms with Crippen LogP contribution in [0.25, 0.3) is 0 Å². The Morgan fingerprint density at radius 1 is 1.27 bits per heavy atom. The van der Waals surface area contributed by atoms with Crippen molar-refractivity contribution in [3.05, 3.63) is 25.7 Å². The summed E-state index contributed by atoms with van der Waals surface area (Å²) in [5.74, 6) is 0.534. The standard InChI is InChI=1S/C4H7ClO.C4H8O/c1-2-6-4-3-5;1-3-5-4-2/h2H,1,3-4H2;3H,1,4H2,2H3. The number of ether oxygens (including phenoxy) is 2. The van der Waals surface area contributed by atoms with Crippen LogP contribution in [0.1, 0.15) is 6.92 Å². The minimum atomic E-state index is 0.534. The van der Waals surface area contributed by atoms with Crippen molar-refractivity contribution in [3.63, 3.8) is 0 Å². The minimum Gasteiger partial charge on any atom is -0.502 e. The summed E-state index contributed by atoms with van der Waals surface area (Å²) in [6, 6.07) is 0. The molecular formula is C8H15ClO2. The summed E-state index contributed by atoms with van der Waals surface area (Å²) in [7, 11) is 0. The first kappa shape index (κ1) is 13.0. The zero-order valence-electron chi connectivity index (χ0n) is 6.88. The molecule has 0 aliphatic heterocycles. The molecule has 0 radical (unpaired) electrons. The average molecular weight is 179 g/mol. The Labute approximate surface area is 73.5 Å². The first-order valence-corrected chi connectivity index (χ1v) is 3.87. The Bertz CT molecular complexity index is 84.2. The summed E-state index contributed by atoms with van der Waals surface area (Å²) in [4.78, 5) is 0. The molecule has 0 aromatic rings. The van der Waals surface area contributed by atoms with Gasteiger partial charge in [0.2, 0.25) is 0 Å². The lowest BCUT2D eigenvalue weighted by Gasteiger charge is -1.89. The maximum absolute atomic E-state index is 5.21. The summed E-state index contributed by atoms with van der Waals surface area (Å²) in [5.41, 5.74) is 0. The van der Waals surface area contributed by atoms with Crippen LogP contribution in [0.4, 0.5) is 0 Å². The van der Waals surface area contributed by atoms with Gasteiger partial charge in [-0.2, -0.15) is 0 Å². The van der Waals surface area contributed by atoms with E-state index in [9.17, 15) is 0 Å². The Hall–Kier alpha value is -0.630. The molecule has 0 rings (SSSR count). The lowest BCUT2D eigenvalue weighted by atomic mass is 10.9. The topological polar surface area (TPSA) is 18.5 Å². The molecule has 0 saturated carbocycles. The summed E-state index contributed by atoms with van der Waals surface area (Å²) in [6.07, 6.45) is 2.81. The van der Waals surface area contributed by atoms with Gasteiger partial charge in [-0.05, 0) is 6.92 Å². The van der Waals surface area contributed by atoms with Crippen molar-refractivity contribution < 1.29 is 9.47 Å². The molecule has 0 atom stereocenters. The quantitative estimate of drug-likeness (QED) is 0.366. The molecule has 0 bridgehead atoms. The second-order valence-electron chi connectivity index (χ2n) is 1.35. The molecular weight excluding hydrogens is 164 g/mol. The summed E-state index contributed by atoms with van der Waals surface area (Å²) in [5, 5.41) is 0.